The second-order valence-corrected chi connectivity index (χ2v) is 8.99. The topological polar surface area (TPSA) is 67.0 Å². The van der Waals surface area contributed by atoms with Crippen molar-refractivity contribution in [3.8, 4) is 0 Å². The normalized spacial score (nSPS) is 11.8. The molecule has 0 spiro atoms. The zero-order chi connectivity index (χ0) is 18.9. The highest BCUT2D eigenvalue weighted by molar-refractivity contribution is 7.91. The van der Waals surface area contributed by atoms with Gasteiger partial charge in [-0.15, -0.1) is 0 Å². The molecular weight excluding hydrogens is 346 g/mol. The fourth-order valence-electron chi connectivity index (χ4n) is 3.02. The predicted octanol–water partition coefficient (Wildman–Crippen LogP) is 3.86. The first-order valence-corrected chi connectivity index (χ1v) is 10.3. The summed E-state index contributed by atoms with van der Waals surface area (Å²) in [6, 6.07) is 12.8. The first-order valence-electron chi connectivity index (χ1n) is 8.69. The number of aromatic nitrogens is 1. The van der Waals surface area contributed by atoms with Crippen molar-refractivity contribution in [2.45, 2.75) is 38.5 Å². The van der Waals surface area contributed by atoms with E-state index < -0.39 is 9.84 Å². The zero-order valence-corrected chi connectivity index (χ0v) is 16.1. The Bertz CT molecular complexity index is 1110. The Hall–Kier alpha value is -2.40. The van der Waals surface area contributed by atoms with Crippen LogP contribution < -0.4 is 5.56 Å². The minimum Gasteiger partial charge on any atom is -0.322 e. The van der Waals surface area contributed by atoms with E-state index in [0.717, 1.165) is 27.6 Å². The molecule has 0 atom stereocenters. The molecule has 2 aromatic carbocycles. The van der Waals surface area contributed by atoms with Crippen LogP contribution in [0.2, 0.25) is 0 Å². The van der Waals surface area contributed by atoms with Crippen LogP contribution in [0.15, 0.2) is 52.2 Å². The van der Waals surface area contributed by atoms with E-state index >= 15 is 0 Å². The maximum Gasteiger partial charge on any atom is 0.251 e. The molecule has 26 heavy (non-hydrogen) atoms. The molecule has 0 unspecified atom stereocenters. The van der Waals surface area contributed by atoms with Gasteiger partial charge in [-0.2, -0.15) is 0 Å². The van der Waals surface area contributed by atoms with Gasteiger partial charge in [-0.3, -0.25) is 4.79 Å². The first kappa shape index (κ1) is 18.4. The lowest BCUT2D eigenvalue weighted by atomic mass is 10.0. The van der Waals surface area contributed by atoms with E-state index in [1.54, 1.807) is 24.3 Å². The molecule has 0 bridgehead atoms. The maximum absolute atomic E-state index is 12.4. The second kappa shape index (κ2) is 7.08. The van der Waals surface area contributed by atoms with E-state index in [2.05, 4.69) is 4.98 Å². The molecule has 1 heterocycles. The van der Waals surface area contributed by atoms with E-state index in [-0.39, 0.29) is 11.3 Å². The van der Waals surface area contributed by atoms with E-state index in [9.17, 15) is 13.2 Å². The van der Waals surface area contributed by atoms with E-state index in [1.807, 2.05) is 39.0 Å². The number of aromatic amines is 1. The largest absolute Gasteiger partial charge is 0.322 e. The van der Waals surface area contributed by atoms with Crippen LogP contribution in [0, 0.1) is 20.8 Å². The summed E-state index contributed by atoms with van der Waals surface area (Å²) in [5.74, 6) is 0.0282. The molecule has 1 N–H and O–H groups in total. The minimum atomic E-state index is -3.33. The third-order valence-electron chi connectivity index (χ3n) is 4.77. The lowest BCUT2D eigenvalue weighted by molar-refractivity contribution is 0.593. The van der Waals surface area contributed by atoms with Crippen LogP contribution >= 0.6 is 0 Å². The van der Waals surface area contributed by atoms with Gasteiger partial charge >= 0.3 is 0 Å². The van der Waals surface area contributed by atoms with Gasteiger partial charge in [0, 0.05) is 11.1 Å². The van der Waals surface area contributed by atoms with Gasteiger partial charge in [-0.1, -0.05) is 17.7 Å². The van der Waals surface area contributed by atoms with Gasteiger partial charge in [-0.25, -0.2) is 8.42 Å². The Morgan fingerprint density at radius 2 is 1.58 bits per heavy atom. The smallest absolute Gasteiger partial charge is 0.251 e. The molecule has 0 aliphatic carbocycles. The van der Waals surface area contributed by atoms with E-state index in [1.165, 1.54) is 0 Å². The molecule has 0 amide bonds. The zero-order valence-electron chi connectivity index (χ0n) is 15.3. The lowest BCUT2D eigenvalue weighted by Gasteiger charge is -2.07. The third kappa shape index (κ3) is 3.88. The highest BCUT2D eigenvalue weighted by atomic mass is 32.2. The summed E-state index contributed by atoms with van der Waals surface area (Å²) in [6.07, 6.45) is 0.846. The number of H-pyrrole nitrogens is 1. The highest BCUT2D eigenvalue weighted by Gasteiger charge is 2.14. The standard InChI is InChI=1S/C21H23NO3S/c1-14-6-8-19(9-7-14)26(24,25)10-4-5-17-13-18-11-15(2)16(3)12-20(18)22-21(17)23/h6-9,11-13H,4-5,10H2,1-3H3,(H,22,23). The maximum atomic E-state index is 12.4. The summed E-state index contributed by atoms with van der Waals surface area (Å²) >= 11 is 0. The van der Waals surface area contributed by atoms with E-state index in [4.69, 9.17) is 0 Å². The number of benzene rings is 2. The van der Waals surface area contributed by atoms with Crippen molar-refractivity contribution >= 4 is 20.7 Å². The number of sulfone groups is 1. The van der Waals surface area contributed by atoms with Crippen LogP contribution in [0.25, 0.3) is 10.9 Å². The predicted molar refractivity (Wildman–Crippen MR) is 106 cm³/mol. The number of hydrogen-bond donors (Lipinski definition) is 1. The molecule has 1 aromatic heterocycles. The molecule has 136 valence electrons. The van der Waals surface area contributed by atoms with Gasteiger partial charge in [0.25, 0.3) is 5.56 Å². The number of pyridine rings is 1. The molecule has 0 saturated carbocycles. The first-order chi connectivity index (χ1) is 12.3. The number of aryl methyl sites for hydroxylation is 4. The molecule has 0 saturated heterocycles. The number of nitrogens with one attached hydrogen (secondary N) is 1. The molecule has 5 heteroatoms. The van der Waals surface area contributed by atoms with Gasteiger partial charge in [0.05, 0.1) is 10.6 Å². The number of hydrogen-bond acceptors (Lipinski definition) is 3. The Kier molecular flexibility index (Phi) is 5.01. The average Bonchev–Trinajstić information content (AvgIpc) is 2.57. The molecular formula is C21H23NO3S. The Labute approximate surface area is 153 Å². The van der Waals surface area contributed by atoms with Crippen molar-refractivity contribution in [1.29, 1.82) is 0 Å². The highest BCUT2D eigenvalue weighted by Crippen LogP contribution is 2.18. The summed E-state index contributed by atoms with van der Waals surface area (Å²) in [6.45, 7) is 5.97. The molecule has 0 aliphatic heterocycles. The fourth-order valence-corrected chi connectivity index (χ4v) is 4.33. The van der Waals surface area contributed by atoms with Crippen LogP contribution in [0.5, 0.6) is 0 Å². The monoisotopic (exact) mass is 369 g/mol. The quantitative estimate of drug-likeness (QED) is 0.742. The molecule has 3 aromatic rings. The van der Waals surface area contributed by atoms with Crippen LogP contribution in [0.3, 0.4) is 0 Å². The van der Waals surface area contributed by atoms with Crippen molar-refractivity contribution in [1.82, 2.24) is 4.98 Å². The Morgan fingerprint density at radius 3 is 2.27 bits per heavy atom. The van der Waals surface area contributed by atoms with Gasteiger partial charge < -0.3 is 4.98 Å². The van der Waals surface area contributed by atoms with Crippen molar-refractivity contribution in [3.63, 3.8) is 0 Å². The fraction of sp³-hybridized carbons (Fsp3) is 0.286. The van der Waals surface area contributed by atoms with Gasteiger partial charge in [-0.05, 0) is 80.5 Å². The van der Waals surface area contributed by atoms with Crippen molar-refractivity contribution in [2.75, 3.05) is 5.75 Å². The van der Waals surface area contributed by atoms with Gasteiger partial charge in [0.15, 0.2) is 9.84 Å². The summed E-state index contributed by atoms with van der Waals surface area (Å²) < 4.78 is 24.9. The van der Waals surface area contributed by atoms with Crippen molar-refractivity contribution < 1.29 is 8.42 Å². The van der Waals surface area contributed by atoms with Gasteiger partial charge in [0.1, 0.15) is 0 Å². The molecule has 0 fully saturated rings. The van der Waals surface area contributed by atoms with Crippen LogP contribution in [-0.2, 0) is 16.3 Å². The summed E-state index contributed by atoms with van der Waals surface area (Å²) in [5.41, 5.74) is 4.61. The Morgan fingerprint density at radius 1 is 0.923 bits per heavy atom. The summed E-state index contributed by atoms with van der Waals surface area (Å²) in [5, 5.41) is 0.976. The second-order valence-electron chi connectivity index (χ2n) is 6.88. The molecule has 0 radical (unpaired) electrons. The molecule has 3 rings (SSSR count). The van der Waals surface area contributed by atoms with Crippen LogP contribution in [0.1, 0.15) is 28.7 Å². The molecule has 4 nitrogen and oxygen atoms in total. The number of rotatable bonds is 5. The lowest BCUT2D eigenvalue weighted by Crippen LogP contribution is -2.14. The Balaban J connectivity index is 1.77. The minimum absolute atomic E-state index is 0.0282. The average molecular weight is 369 g/mol. The van der Waals surface area contributed by atoms with E-state index in [0.29, 0.717) is 23.3 Å². The molecule has 0 aliphatic rings. The SMILES string of the molecule is Cc1ccc(S(=O)(=O)CCCc2cc3cc(C)c(C)cc3[nH]c2=O)cc1. The van der Waals surface area contributed by atoms with Crippen LogP contribution in [-0.4, -0.2) is 19.2 Å². The third-order valence-corrected chi connectivity index (χ3v) is 6.59. The van der Waals surface area contributed by atoms with Crippen LogP contribution in [0.4, 0.5) is 0 Å². The summed E-state index contributed by atoms with van der Waals surface area (Å²) in [7, 11) is -3.33. The van der Waals surface area contributed by atoms with Gasteiger partial charge in [0.2, 0.25) is 0 Å². The van der Waals surface area contributed by atoms with Crippen molar-refractivity contribution in [2.24, 2.45) is 0 Å². The number of fused-ring (bicyclic) bond motifs is 1. The summed E-state index contributed by atoms with van der Waals surface area (Å²) in [4.78, 5) is 15.5. The van der Waals surface area contributed by atoms with Crippen molar-refractivity contribution in [3.05, 3.63) is 75.1 Å².